The number of nitriles is 1. The van der Waals surface area contributed by atoms with E-state index < -0.39 is 17.8 Å². The second-order valence-corrected chi connectivity index (χ2v) is 7.82. The van der Waals surface area contributed by atoms with Gasteiger partial charge in [-0.15, -0.1) is 0 Å². The topological polar surface area (TPSA) is 96.7 Å². The Morgan fingerprint density at radius 3 is 2.09 bits per heavy atom. The molecule has 0 saturated carbocycles. The molecule has 7 nitrogen and oxygen atoms in total. The number of ether oxygens (including phenoxy) is 2. The molecule has 0 atom stereocenters. The molecule has 1 aliphatic heterocycles. The van der Waals surface area contributed by atoms with E-state index in [-0.39, 0.29) is 11.3 Å². The average molecular weight is 466 g/mol. The van der Waals surface area contributed by atoms with E-state index in [9.17, 15) is 19.6 Å². The molecule has 3 aromatic carbocycles. The third kappa shape index (κ3) is 5.12. The summed E-state index contributed by atoms with van der Waals surface area (Å²) in [6.07, 6.45) is 3.44. The van der Waals surface area contributed by atoms with Gasteiger partial charge >= 0.3 is 5.97 Å². The highest BCUT2D eigenvalue weighted by Gasteiger charge is 2.36. The van der Waals surface area contributed by atoms with Crippen LogP contribution >= 0.6 is 0 Å². The van der Waals surface area contributed by atoms with Crippen LogP contribution in [0.4, 0.5) is 5.69 Å². The molecule has 0 aromatic heterocycles. The predicted molar refractivity (Wildman–Crippen MR) is 130 cm³/mol. The minimum atomic E-state index is -0.816. The zero-order valence-electron chi connectivity index (χ0n) is 19.1. The van der Waals surface area contributed by atoms with E-state index in [2.05, 4.69) is 6.92 Å². The Hall–Kier alpha value is -4.70. The molecule has 0 saturated heterocycles. The van der Waals surface area contributed by atoms with Crippen molar-refractivity contribution in [2.45, 2.75) is 19.8 Å². The number of unbranched alkanes of at least 4 members (excludes halogenated alkanes) is 1. The van der Waals surface area contributed by atoms with Crippen LogP contribution in [-0.2, 0) is 4.79 Å². The van der Waals surface area contributed by atoms with E-state index in [1.165, 1.54) is 30.3 Å². The number of anilines is 1. The lowest BCUT2D eigenvalue weighted by Gasteiger charge is -2.14. The number of nitrogens with zero attached hydrogens (tertiary/aromatic N) is 2. The molecule has 7 heteroatoms. The molecule has 0 fully saturated rings. The molecule has 0 spiro atoms. The Kier molecular flexibility index (Phi) is 7.03. The fourth-order valence-corrected chi connectivity index (χ4v) is 3.55. The van der Waals surface area contributed by atoms with Gasteiger partial charge in [-0.25, -0.2) is 9.69 Å². The smallest absolute Gasteiger partial charge is 0.354 e. The van der Waals surface area contributed by atoms with Gasteiger partial charge in [0.25, 0.3) is 11.8 Å². The molecule has 2 amide bonds. The van der Waals surface area contributed by atoms with Gasteiger partial charge in [0.15, 0.2) is 0 Å². The molecule has 0 radical (unpaired) electrons. The summed E-state index contributed by atoms with van der Waals surface area (Å²) in [5, 5.41) is 9.44. The van der Waals surface area contributed by atoms with Gasteiger partial charge < -0.3 is 9.47 Å². The molecular formula is C28H22N2O5. The number of fused-ring (bicyclic) bond motifs is 1. The molecule has 35 heavy (non-hydrogen) atoms. The van der Waals surface area contributed by atoms with E-state index in [0.29, 0.717) is 29.0 Å². The fourth-order valence-electron chi connectivity index (χ4n) is 3.55. The molecule has 0 unspecified atom stereocenters. The summed E-state index contributed by atoms with van der Waals surface area (Å²) in [4.78, 5) is 38.9. The lowest BCUT2D eigenvalue weighted by molar-refractivity contribution is -0.129. The zero-order valence-corrected chi connectivity index (χ0v) is 19.1. The number of carbonyl (C=O) groups is 3. The van der Waals surface area contributed by atoms with Crippen LogP contribution in [0.3, 0.4) is 0 Å². The van der Waals surface area contributed by atoms with Crippen molar-refractivity contribution in [2.24, 2.45) is 0 Å². The summed E-state index contributed by atoms with van der Waals surface area (Å²) in [7, 11) is 0. The molecular weight excluding hydrogens is 444 g/mol. The monoisotopic (exact) mass is 466 g/mol. The number of benzene rings is 3. The van der Waals surface area contributed by atoms with Crippen LogP contribution in [0, 0.1) is 11.3 Å². The van der Waals surface area contributed by atoms with Gasteiger partial charge in [0.1, 0.15) is 23.1 Å². The summed E-state index contributed by atoms with van der Waals surface area (Å²) in [5.41, 5.74) is 1.53. The van der Waals surface area contributed by atoms with Crippen molar-refractivity contribution in [3.8, 4) is 17.6 Å². The summed E-state index contributed by atoms with van der Waals surface area (Å²) < 4.78 is 10.9. The molecule has 174 valence electrons. The lowest BCUT2D eigenvalue weighted by Crippen LogP contribution is -2.29. The van der Waals surface area contributed by atoms with Gasteiger partial charge in [0.2, 0.25) is 0 Å². The fraction of sp³-hybridized carbons (Fsp3) is 0.143. The maximum absolute atomic E-state index is 12.6. The van der Waals surface area contributed by atoms with Crippen molar-refractivity contribution in [2.75, 3.05) is 11.5 Å². The van der Waals surface area contributed by atoms with Crippen LogP contribution < -0.4 is 14.4 Å². The SMILES string of the molecule is CCCCOc1ccc(/C=C(\C#N)C(=O)Oc2ccc(N3C(=O)c4ccccc4C3=O)cc2)cc1. The van der Waals surface area contributed by atoms with Crippen LogP contribution in [0.2, 0.25) is 0 Å². The van der Waals surface area contributed by atoms with Crippen LogP contribution in [-0.4, -0.2) is 24.4 Å². The molecule has 3 aromatic rings. The van der Waals surface area contributed by atoms with Crippen molar-refractivity contribution in [3.63, 3.8) is 0 Å². The van der Waals surface area contributed by atoms with Gasteiger partial charge in [-0.2, -0.15) is 5.26 Å². The average Bonchev–Trinajstić information content (AvgIpc) is 3.14. The number of imide groups is 1. The van der Waals surface area contributed by atoms with Crippen LogP contribution in [0.5, 0.6) is 11.5 Å². The number of hydrogen-bond donors (Lipinski definition) is 0. The highest BCUT2D eigenvalue weighted by atomic mass is 16.5. The molecule has 4 rings (SSSR count). The summed E-state index contributed by atoms with van der Waals surface area (Å²) in [6.45, 7) is 2.72. The maximum Gasteiger partial charge on any atom is 0.354 e. The number of carbonyl (C=O) groups excluding carboxylic acids is 3. The Morgan fingerprint density at radius 2 is 1.51 bits per heavy atom. The van der Waals surface area contributed by atoms with E-state index in [0.717, 1.165) is 23.5 Å². The van der Waals surface area contributed by atoms with E-state index >= 15 is 0 Å². The Bertz CT molecular complexity index is 1300. The third-order valence-corrected chi connectivity index (χ3v) is 5.40. The largest absolute Gasteiger partial charge is 0.494 e. The first-order valence-electron chi connectivity index (χ1n) is 11.2. The van der Waals surface area contributed by atoms with Gasteiger partial charge in [0, 0.05) is 0 Å². The Labute approximate surface area is 202 Å². The summed E-state index contributed by atoms with van der Waals surface area (Å²) in [5.74, 6) is -0.742. The van der Waals surface area contributed by atoms with Gasteiger partial charge in [-0.3, -0.25) is 9.59 Å². The van der Waals surface area contributed by atoms with Crippen molar-refractivity contribution in [3.05, 3.63) is 95.1 Å². The van der Waals surface area contributed by atoms with Crippen molar-refractivity contribution in [1.29, 1.82) is 5.26 Å². The first-order valence-corrected chi connectivity index (χ1v) is 11.2. The molecule has 1 heterocycles. The minimum absolute atomic E-state index is 0.172. The van der Waals surface area contributed by atoms with E-state index in [4.69, 9.17) is 9.47 Å². The number of hydrogen-bond acceptors (Lipinski definition) is 6. The molecule has 0 bridgehead atoms. The lowest BCUT2D eigenvalue weighted by atomic mass is 10.1. The van der Waals surface area contributed by atoms with Crippen LogP contribution in [0.15, 0.2) is 78.4 Å². The zero-order chi connectivity index (χ0) is 24.8. The quantitative estimate of drug-likeness (QED) is 0.113. The van der Waals surface area contributed by atoms with Gasteiger partial charge in [-0.05, 0) is 66.6 Å². The molecule has 0 N–H and O–H groups in total. The summed E-state index contributed by atoms with van der Waals surface area (Å²) in [6, 6.07) is 21.5. The van der Waals surface area contributed by atoms with Crippen molar-refractivity contribution >= 4 is 29.5 Å². The van der Waals surface area contributed by atoms with Crippen molar-refractivity contribution in [1.82, 2.24) is 0 Å². The minimum Gasteiger partial charge on any atom is -0.494 e. The number of esters is 1. The van der Waals surface area contributed by atoms with Gasteiger partial charge in [-0.1, -0.05) is 37.6 Å². The van der Waals surface area contributed by atoms with E-state index in [1.54, 1.807) is 48.5 Å². The standard InChI is InChI=1S/C28H22N2O5/c1-2-3-16-34-22-12-8-19(9-13-22)17-20(18-29)28(33)35-23-14-10-21(11-15-23)30-26(31)24-6-4-5-7-25(24)27(30)32/h4-15,17H,2-3,16H2,1H3/b20-17+. The molecule has 0 aliphatic carbocycles. The van der Waals surface area contributed by atoms with E-state index in [1.807, 2.05) is 6.07 Å². The predicted octanol–water partition coefficient (Wildman–Crippen LogP) is 5.18. The molecule has 1 aliphatic rings. The summed E-state index contributed by atoms with van der Waals surface area (Å²) >= 11 is 0. The normalized spacial score (nSPS) is 12.8. The number of amides is 2. The maximum atomic E-state index is 12.6. The Balaban J connectivity index is 1.43. The second-order valence-electron chi connectivity index (χ2n) is 7.82. The number of rotatable bonds is 8. The Morgan fingerprint density at radius 1 is 0.914 bits per heavy atom. The first kappa shape index (κ1) is 23.5. The van der Waals surface area contributed by atoms with Crippen LogP contribution in [0.1, 0.15) is 46.0 Å². The van der Waals surface area contributed by atoms with Gasteiger partial charge in [0.05, 0.1) is 23.4 Å². The third-order valence-electron chi connectivity index (χ3n) is 5.40. The highest BCUT2D eigenvalue weighted by molar-refractivity contribution is 6.34. The first-order chi connectivity index (χ1) is 17.0. The van der Waals surface area contributed by atoms with Crippen LogP contribution in [0.25, 0.3) is 6.08 Å². The van der Waals surface area contributed by atoms with Crippen molar-refractivity contribution < 1.29 is 23.9 Å². The second kappa shape index (κ2) is 10.5. The highest BCUT2D eigenvalue weighted by Crippen LogP contribution is 2.29.